The molecule has 1 atom stereocenters. The molecule has 1 aromatic carbocycles. The van der Waals surface area contributed by atoms with E-state index in [1.807, 2.05) is 0 Å². The van der Waals surface area contributed by atoms with Gasteiger partial charge in [-0.25, -0.2) is 8.42 Å². The molecule has 1 fully saturated rings. The van der Waals surface area contributed by atoms with Crippen molar-refractivity contribution in [2.24, 2.45) is 0 Å². The first-order chi connectivity index (χ1) is 11.0. The molecular weight excluding hydrogens is 336 g/mol. The molecule has 122 valence electrons. The Bertz CT molecular complexity index is 785. The number of anilines is 1. The Kier molecular flexibility index (Phi) is 4.38. The zero-order valence-corrected chi connectivity index (χ0v) is 14.1. The van der Waals surface area contributed by atoms with Gasteiger partial charge in [0.05, 0.1) is 7.11 Å². The smallest absolute Gasteiger partial charge is 0.250 e. The van der Waals surface area contributed by atoms with Gasteiger partial charge in [0, 0.05) is 12.2 Å². The van der Waals surface area contributed by atoms with E-state index < -0.39 is 16.1 Å². The quantitative estimate of drug-likeness (QED) is 0.891. The average Bonchev–Trinajstić information content (AvgIpc) is 3.19. The summed E-state index contributed by atoms with van der Waals surface area (Å²) in [6, 6.07) is 9.56. The van der Waals surface area contributed by atoms with Gasteiger partial charge < -0.3 is 9.64 Å². The molecule has 2 heterocycles. The fraction of sp³-hybridized carbons (Fsp3) is 0.267. The Balaban J connectivity index is 1.74. The number of hydrogen-bond acceptors (Lipinski definition) is 5. The highest BCUT2D eigenvalue weighted by Crippen LogP contribution is 2.25. The zero-order valence-electron chi connectivity index (χ0n) is 12.4. The van der Waals surface area contributed by atoms with E-state index in [0.29, 0.717) is 18.7 Å². The van der Waals surface area contributed by atoms with Crippen LogP contribution >= 0.6 is 11.3 Å². The van der Waals surface area contributed by atoms with Crippen LogP contribution in [0.2, 0.25) is 0 Å². The van der Waals surface area contributed by atoms with Crippen LogP contribution in [0.3, 0.4) is 0 Å². The fourth-order valence-corrected chi connectivity index (χ4v) is 4.70. The van der Waals surface area contributed by atoms with Gasteiger partial charge >= 0.3 is 0 Å². The van der Waals surface area contributed by atoms with Crippen LogP contribution in [0.1, 0.15) is 6.42 Å². The van der Waals surface area contributed by atoms with Crippen LogP contribution < -0.4 is 14.4 Å². The van der Waals surface area contributed by atoms with Crippen molar-refractivity contribution in [2.75, 3.05) is 18.6 Å². The van der Waals surface area contributed by atoms with Gasteiger partial charge in [0.15, 0.2) is 0 Å². The molecule has 2 aromatic rings. The van der Waals surface area contributed by atoms with Crippen LogP contribution in [0.25, 0.3) is 0 Å². The Morgan fingerprint density at radius 2 is 2.00 bits per heavy atom. The Morgan fingerprint density at radius 3 is 2.61 bits per heavy atom. The van der Waals surface area contributed by atoms with Crippen molar-refractivity contribution in [3.8, 4) is 5.75 Å². The molecule has 8 heteroatoms. The fourth-order valence-electron chi connectivity index (χ4n) is 2.47. The highest BCUT2D eigenvalue weighted by molar-refractivity contribution is 7.91. The van der Waals surface area contributed by atoms with Crippen molar-refractivity contribution >= 4 is 33.0 Å². The van der Waals surface area contributed by atoms with E-state index in [1.54, 1.807) is 47.7 Å². The minimum Gasteiger partial charge on any atom is -0.497 e. The molecule has 0 saturated carbocycles. The minimum atomic E-state index is -3.65. The summed E-state index contributed by atoms with van der Waals surface area (Å²) in [7, 11) is -2.07. The number of nitrogens with one attached hydrogen (secondary N) is 1. The second kappa shape index (κ2) is 6.31. The van der Waals surface area contributed by atoms with Crippen LogP contribution in [0.4, 0.5) is 5.69 Å². The number of amides is 1. The van der Waals surface area contributed by atoms with Crippen molar-refractivity contribution < 1.29 is 17.9 Å². The summed E-state index contributed by atoms with van der Waals surface area (Å²) < 4.78 is 32.3. The number of methoxy groups -OCH3 is 1. The Labute approximate surface area is 138 Å². The number of hydrogen-bond donors (Lipinski definition) is 1. The summed E-state index contributed by atoms with van der Waals surface area (Å²) in [4.78, 5) is 14.1. The molecule has 1 saturated heterocycles. The number of rotatable bonds is 5. The molecule has 1 amide bonds. The average molecular weight is 352 g/mol. The molecular formula is C15H16N2O4S2. The first-order valence-corrected chi connectivity index (χ1v) is 9.39. The molecule has 0 aliphatic carbocycles. The highest BCUT2D eigenvalue weighted by atomic mass is 32.2. The number of carbonyl (C=O) groups excluding carboxylic acids is 1. The monoisotopic (exact) mass is 352 g/mol. The lowest BCUT2D eigenvalue weighted by molar-refractivity contribution is -0.118. The van der Waals surface area contributed by atoms with Gasteiger partial charge in [0.2, 0.25) is 5.91 Å². The van der Waals surface area contributed by atoms with E-state index in [0.717, 1.165) is 17.0 Å². The summed E-state index contributed by atoms with van der Waals surface area (Å²) in [5.74, 6) is 0.464. The molecule has 6 nitrogen and oxygen atoms in total. The van der Waals surface area contributed by atoms with Gasteiger partial charge in [-0.05, 0) is 42.1 Å². The summed E-state index contributed by atoms with van der Waals surface area (Å²) in [6.07, 6.45) is 0.440. The van der Waals surface area contributed by atoms with Crippen molar-refractivity contribution in [1.29, 1.82) is 0 Å². The van der Waals surface area contributed by atoms with E-state index in [4.69, 9.17) is 4.74 Å². The first kappa shape index (κ1) is 16.0. The molecule has 1 N–H and O–H groups in total. The van der Waals surface area contributed by atoms with Gasteiger partial charge in [-0.15, -0.1) is 11.3 Å². The van der Waals surface area contributed by atoms with Crippen LogP contribution in [-0.2, 0) is 14.8 Å². The van der Waals surface area contributed by atoms with E-state index in [2.05, 4.69) is 4.72 Å². The number of nitrogens with zero attached hydrogens (tertiary/aromatic N) is 1. The van der Waals surface area contributed by atoms with Gasteiger partial charge in [-0.2, -0.15) is 4.72 Å². The third-order valence-corrected chi connectivity index (χ3v) is 6.52. The SMILES string of the molecule is COc1ccc(N2CC[C@H](NS(=O)(=O)c3cccs3)C2=O)cc1. The molecule has 3 rings (SSSR count). The van der Waals surface area contributed by atoms with Crippen LogP contribution in [-0.4, -0.2) is 34.0 Å². The van der Waals surface area contributed by atoms with Crippen molar-refractivity contribution in [3.63, 3.8) is 0 Å². The largest absolute Gasteiger partial charge is 0.497 e. The van der Waals surface area contributed by atoms with Crippen LogP contribution in [0.5, 0.6) is 5.75 Å². The van der Waals surface area contributed by atoms with Crippen molar-refractivity contribution in [3.05, 3.63) is 41.8 Å². The normalized spacial score (nSPS) is 18.4. The lowest BCUT2D eigenvalue weighted by atomic mass is 10.2. The number of sulfonamides is 1. The molecule has 1 aliphatic rings. The van der Waals surface area contributed by atoms with Crippen LogP contribution in [0, 0.1) is 0 Å². The summed E-state index contributed by atoms with van der Waals surface area (Å²) >= 11 is 1.13. The molecule has 23 heavy (non-hydrogen) atoms. The van der Waals surface area contributed by atoms with Crippen molar-refractivity contribution in [2.45, 2.75) is 16.7 Å². The second-order valence-corrected chi connectivity index (χ2v) is 7.97. The van der Waals surface area contributed by atoms with Gasteiger partial charge in [0.25, 0.3) is 10.0 Å². The second-order valence-electron chi connectivity index (χ2n) is 5.08. The number of thiophene rings is 1. The number of carbonyl (C=O) groups is 1. The van der Waals surface area contributed by atoms with E-state index in [9.17, 15) is 13.2 Å². The van der Waals surface area contributed by atoms with Crippen molar-refractivity contribution in [1.82, 2.24) is 4.72 Å². The molecule has 0 radical (unpaired) electrons. The molecule has 0 bridgehead atoms. The topological polar surface area (TPSA) is 75.7 Å². The summed E-state index contributed by atoms with van der Waals surface area (Å²) in [5.41, 5.74) is 0.730. The van der Waals surface area contributed by atoms with Crippen LogP contribution in [0.15, 0.2) is 46.0 Å². The third-order valence-electron chi connectivity index (χ3n) is 3.65. The van der Waals surface area contributed by atoms with E-state index in [1.165, 1.54) is 6.07 Å². The van der Waals surface area contributed by atoms with E-state index in [-0.39, 0.29) is 10.1 Å². The minimum absolute atomic E-state index is 0.216. The maximum Gasteiger partial charge on any atom is 0.250 e. The standard InChI is InChI=1S/C15H16N2O4S2/c1-21-12-6-4-11(5-7-12)17-9-8-13(15(17)18)16-23(19,20)14-3-2-10-22-14/h2-7,10,13,16H,8-9H2,1H3/t13-/m0/s1. The van der Waals surface area contributed by atoms with Gasteiger partial charge in [-0.3, -0.25) is 4.79 Å². The Morgan fingerprint density at radius 1 is 1.26 bits per heavy atom. The summed E-state index contributed by atoms with van der Waals surface area (Å²) in [6.45, 7) is 0.475. The van der Waals surface area contributed by atoms with Gasteiger partial charge in [0.1, 0.15) is 16.0 Å². The molecule has 0 spiro atoms. The highest BCUT2D eigenvalue weighted by Gasteiger charge is 2.35. The Hall–Kier alpha value is -1.90. The summed E-state index contributed by atoms with van der Waals surface area (Å²) in [5, 5.41) is 1.69. The maximum atomic E-state index is 12.5. The van der Waals surface area contributed by atoms with E-state index >= 15 is 0 Å². The molecule has 1 aliphatic heterocycles. The number of ether oxygens (including phenoxy) is 1. The predicted octanol–water partition coefficient (Wildman–Crippen LogP) is 1.84. The van der Waals surface area contributed by atoms with Gasteiger partial charge in [-0.1, -0.05) is 6.07 Å². The first-order valence-electron chi connectivity index (χ1n) is 7.02. The third kappa shape index (κ3) is 3.24. The predicted molar refractivity (Wildman–Crippen MR) is 88.4 cm³/mol. The molecule has 1 aromatic heterocycles. The lowest BCUT2D eigenvalue weighted by Gasteiger charge is -2.17. The lowest BCUT2D eigenvalue weighted by Crippen LogP contribution is -2.41. The molecule has 0 unspecified atom stereocenters. The maximum absolute atomic E-state index is 12.5. The number of benzene rings is 1. The zero-order chi connectivity index (χ0) is 16.4.